The Morgan fingerprint density at radius 3 is 2.80 bits per heavy atom. The van der Waals surface area contributed by atoms with Gasteiger partial charge in [0.25, 0.3) is 0 Å². The molecule has 108 valence electrons. The lowest BCUT2D eigenvalue weighted by Crippen LogP contribution is -2.48. The first-order valence-corrected chi connectivity index (χ1v) is 7.93. The fraction of sp³-hybridized carbons (Fsp3) is 0.533. The smallest absolute Gasteiger partial charge is 0.132 e. The van der Waals surface area contributed by atoms with Crippen LogP contribution >= 0.6 is 15.9 Å². The molecular formula is C15H21BrN4. The summed E-state index contributed by atoms with van der Waals surface area (Å²) in [5.74, 6) is 1.12. The third-order valence-electron chi connectivity index (χ3n) is 3.94. The lowest BCUT2D eigenvalue weighted by molar-refractivity contribution is 0.195. The number of halogens is 1. The zero-order valence-corrected chi connectivity index (χ0v) is 13.7. The van der Waals surface area contributed by atoms with E-state index in [4.69, 9.17) is 4.98 Å². The minimum Gasteiger partial charge on any atom is -0.314 e. The molecule has 0 bridgehead atoms. The van der Waals surface area contributed by atoms with Crippen LogP contribution in [-0.2, 0) is 5.41 Å². The van der Waals surface area contributed by atoms with Crippen LogP contribution < -0.4 is 5.32 Å². The summed E-state index contributed by atoms with van der Waals surface area (Å²) in [7, 11) is 0. The monoisotopic (exact) mass is 336 g/mol. The maximum atomic E-state index is 4.76. The highest BCUT2D eigenvalue weighted by molar-refractivity contribution is 9.10. The van der Waals surface area contributed by atoms with Gasteiger partial charge in [0.1, 0.15) is 10.4 Å². The third-order valence-corrected chi connectivity index (χ3v) is 4.52. The molecule has 0 radical (unpaired) electrons. The van der Waals surface area contributed by atoms with E-state index in [0.717, 1.165) is 48.7 Å². The van der Waals surface area contributed by atoms with Gasteiger partial charge in [0.2, 0.25) is 0 Å². The van der Waals surface area contributed by atoms with Crippen molar-refractivity contribution in [1.82, 2.24) is 19.6 Å². The van der Waals surface area contributed by atoms with Crippen LogP contribution in [0, 0.1) is 0 Å². The molecule has 0 atom stereocenters. The molecule has 0 aromatic carbocycles. The number of hydrogen-bond acceptors (Lipinski definition) is 3. The number of piperazine rings is 1. The van der Waals surface area contributed by atoms with E-state index in [1.807, 2.05) is 0 Å². The summed E-state index contributed by atoms with van der Waals surface area (Å²) < 4.78 is 3.13. The van der Waals surface area contributed by atoms with Crippen LogP contribution in [0.15, 0.2) is 29.0 Å². The summed E-state index contributed by atoms with van der Waals surface area (Å²) in [6, 6.07) is 6.21. The standard InChI is InChI=1S/C15H21BrN4/c1-15(2,11-19-9-6-17-7-10-19)14-18-13(16)12-5-3-4-8-20(12)14/h3-5,8,17H,6-7,9-11H2,1-2H3. The Labute approximate surface area is 128 Å². The molecule has 0 aliphatic carbocycles. The predicted molar refractivity (Wildman–Crippen MR) is 85.2 cm³/mol. The summed E-state index contributed by atoms with van der Waals surface area (Å²) in [4.78, 5) is 7.29. The van der Waals surface area contributed by atoms with Crippen LogP contribution in [-0.4, -0.2) is 47.0 Å². The van der Waals surface area contributed by atoms with Gasteiger partial charge in [-0.25, -0.2) is 4.98 Å². The summed E-state index contributed by atoms with van der Waals surface area (Å²) in [6.07, 6.45) is 2.10. The van der Waals surface area contributed by atoms with Crippen LogP contribution in [0.3, 0.4) is 0 Å². The number of imidazole rings is 1. The summed E-state index contributed by atoms with van der Waals surface area (Å²) in [5, 5.41) is 3.40. The second-order valence-corrected chi connectivity index (χ2v) is 6.84. The Hall–Kier alpha value is -0.910. The molecule has 2 aromatic rings. The van der Waals surface area contributed by atoms with Gasteiger partial charge < -0.3 is 9.72 Å². The van der Waals surface area contributed by atoms with Crippen molar-refractivity contribution >= 4 is 21.4 Å². The molecule has 0 unspecified atom stereocenters. The summed E-state index contributed by atoms with van der Waals surface area (Å²) >= 11 is 3.58. The lowest BCUT2D eigenvalue weighted by Gasteiger charge is -2.34. The van der Waals surface area contributed by atoms with Crippen LogP contribution in [0.25, 0.3) is 5.52 Å². The van der Waals surface area contributed by atoms with E-state index in [1.54, 1.807) is 0 Å². The molecule has 0 spiro atoms. The number of aromatic nitrogens is 2. The van der Waals surface area contributed by atoms with Crippen LogP contribution in [0.5, 0.6) is 0 Å². The number of fused-ring (bicyclic) bond motifs is 1. The van der Waals surface area contributed by atoms with E-state index in [2.05, 4.69) is 68.8 Å². The van der Waals surface area contributed by atoms with Gasteiger partial charge in [0.15, 0.2) is 0 Å². The van der Waals surface area contributed by atoms with Crippen LogP contribution in [0.1, 0.15) is 19.7 Å². The first-order valence-electron chi connectivity index (χ1n) is 7.14. The number of hydrogen-bond donors (Lipinski definition) is 1. The third kappa shape index (κ3) is 2.62. The van der Waals surface area contributed by atoms with Crippen molar-refractivity contribution in [2.45, 2.75) is 19.3 Å². The van der Waals surface area contributed by atoms with E-state index >= 15 is 0 Å². The minimum atomic E-state index is 0.0215. The van der Waals surface area contributed by atoms with E-state index in [-0.39, 0.29) is 5.41 Å². The molecule has 3 rings (SSSR count). The van der Waals surface area contributed by atoms with Gasteiger partial charge in [0, 0.05) is 44.3 Å². The van der Waals surface area contributed by atoms with Crippen LogP contribution in [0.4, 0.5) is 0 Å². The zero-order chi connectivity index (χ0) is 14.2. The molecule has 1 aliphatic rings. The normalized spacial score (nSPS) is 17.8. The van der Waals surface area contributed by atoms with Crippen LogP contribution in [0.2, 0.25) is 0 Å². The van der Waals surface area contributed by atoms with Gasteiger partial charge in [-0.3, -0.25) is 4.90 Å². The maximum Gasteiger partial charge on any atom is 0.132 e. The second-order valence-electron chi connectivity index (χ2n) is 6.09. The largest absolute Gasteiger partial charge is 0.314 e. The Balaban J connectivity index is 1.92. The van der Waals surface area contributed by atoms with Gasteiger partial charge in [-0.2, -0.15) is 0 Å². The number of pyridine rings is 1. The Bertz CT molecular complexity index is 599. The highest BCUT2D eigenvalue weighted by Crippen LogP contribution is 2.28. The topological polar surface area (TPSA) is 32.6 Å². The van der Waals surface area contributed by atoms with Crippen molar-refractivity contribution in [1.29, 1.82) is 0 Å². The average Bonchev–Trinajstić information content (AvgIpc) is 2.78. The summed E-state index contributed by atoms with van der Waals surface area (Å²) in [6.45, 7) is 10.0. The Kier molecular flexibility index (Phi) is 3.84. The number of rotatable bonds is 3. The fourth-order valence-corrected chi connectivity index (χ4v) is 3.47. The molecule has 1 saturated heterocycles. The SMILES string of the molecule is CC(C)(CN1CCNCC1)c1nc(Br)c2ccccn12. The van der Waals surface area contributed by atoms with Crippen molar-refractivity contribution in [3.63, 3.8) is 0 Å². The van der Waals surface area contributed by atoms with Crippen molar-refractivity contribution in [2.24, 2.45) is 0 Å². The van der Waals surface area contributed by atoms with Crippen molar-refractivity contribution in [2.75, 3.05) is 32.7 Å². The highest BCUT2D eigenvalue weighted by Gasteiger charge is 2.29. The average molecular weight is 337 g/mol. The quantitative estimate of drug-likeness (QED) is 0.933. The molecule has 0 saturated carbocycles. The minimum absolute atomic E-state index is 0.0215. The lowest BCUT2D eigenvalue weighted by atomic mass is 9.91. The highest BCUT2D eigenvalue weighted by atomic mass is 79.9. The predicted octanol–water partition coefficient (Wildman–Crippen LogP) is 2.28. The second kappa shape index (κ2) is 5.47. The van der Waals surface area contributed by atoms with Crippen molar-refractivity contribution in [3.8, 4) is 0 Å². The zero-order valence-electron chi connectivity index (χ0n) is 12.1. The molecule has 0 amide bonds. The van der Waals surface area contributed by atoms with Gasteiger partial charge in [-0.1, -0.05) is 19.9 Å². The van der Waals surface area contributed by atoms with Gasteiger partial charge in [-0.05, 0) is 28.1 Å². The maximum absolute atomic E-state index is 4.76. The van der Waals surface area contributed by atoms with E-state index in [1.165, 1.54) is 0 Å². The van der Waals surface area contributed by atoms with Crippen molar-refractivity contribution < 1.29 is 0 Å². The first kappa shape index (κ1) is 14.0. The molecule has 1 fully saturated rings. The molecule has 3 heterocycles. The number of nitrogens with zero attached hydrogens (tertiary/aromatic N) is 3. The fourth-order valence-electron chi connectivity index (χ4n) is 2.98. The summed E-state index contributed by atoms with van der Waals surface area (Å²) in [5.41, 5.74) is 1.16. The van der Waals surface area contributed by atoms with Gasteiger partial charge in [-0.15, -0.1) is 0 Å². The molecule has 4 nitrogen and oxygen atoms in total. The van der Waals surface area contributed by atoms with Gasteiger partial charge in [0.05, 0.1) is 5.52 Å². The molecule has 20 heavy (non-hydrogen) atoms. The van der Waals surface area contributed by atoms with E-state index in [9.17, 15) is 0 Å². The molecule has 1 N–H and O–H groups in total. The Morgan fingerprint density at radius 1 is 1.30 bits per heavy atom. The van der Waals surface area contributed by atoms with E-state index in [0.29, 0.717) is 0 Å². The molecule has 2 aromatic heterocycles. The Morgan fingerprint density at radius 2 is 2.05 bits per heavy atom. The van der Waals surface area contributed by atoms with Gasteiger partial charge >= 0.3 is 0 Å². The van der Waals surface area contributed by atoms with E-state index < -0.39 is 0 Å². The molecule has 5 heteroatoms. The molecule has 1 aliphatic heterocycles. The number of nitrogens with one attached hydrogen (secondary N) is 1. The van der Waals surface area contributed by atoms with Crippen molar-refractivity contribution in [3.05, 3.63) is 34.8 Å². The first-order chi connectivity index (χ1) is 9.58. The molecular weight excluding hydrogens is 316 g/mol.